The van der Waals surface area contributed by atoms with E-state index in [1.54, 1.807) is 4.90 Å². The normalized spacial score (nSPS) is 36.1. The van der Waals surface area contributed by atoms with E-state index in [-0.39, 0.29) is 22.9 Å². The second-order valence-corrected chi connectivity index (χ2v) is 13.4. The lowest BCUT2D eigenvalue weighted by molar-refractivity contribution is -0.141. The van der Waals surface area contributed by atoms with Gasteiger partial charge in [0.15, 0.2) is 0 Å². The molecule has 4 fully saturated rings. The number of carbonyl (C=O) groups is 3. The second-order valence-electron chi connectivity index (χ2n) is 13.0. The zero-order valence-electron chi connectivity index (χ0n) is 24.5. The van der Waals surface area contributed by atoms with Crippen LogP contribution in [0.2, 0.25) is 5.02 Å². The average molecular weight is 601 g/mol. The molecular weight excluding hydrogens is 559 g/mol. The summed E-state index contributed by atoms with van der Waals surface area (Å²) in [7, 11) is 0. The topological polar surface area (TPSA) is 91.0 Å². The summed E-state index contributed by atoms with van der Waals surface area (Å²) in [6.45, 7) is 7.45. The molecular formula is C32H42ClFN4O4. The minimum absolute atomic E-state index is 0.0316. The third kappa shape index (κ3) is 5.26. The molecule has 1 spiro atoms. The number of fused-ring (bicyclic) bond motifs is 1. The number of likely N-dealkylation sites (tertiary alicyclic amines) is 2. The van der Waals surface area contributed by atoms with Gasteiger partial charge in [-0.2, -0.15) is 0 Å². The smallest absolute Gasteiger partial charge is 0.246 e. The van der Waals surface area contributed by atoms with Crippen molar-refractivity contribution in [2.75, 3.05) is 31.5 Å². The van der Waals surface area contributed by atoms with Gasteiger partial charge >= 0.3 is 0 Å². The van der Waals surface area contributed by atoms with Gasteiger partial charge in [-0.05, 0) is 62.4 Å². The van der Waals surface area contributed by atoms with Crippen LogP contribution in [-0.2, 0) is 19.1 Å². The maximum Gasteiger partial charge on any atom is 0.246 e. The van der Waals surface area contributed by atoms with Crippen molar-refractivity contribution < 1.29 is 23.5 Å². The monoisotopic (exact) mass is 600 g/mol. The molecule has 42 heavy (non-hydrogen) atoms. The first-order chi connectivity index (χ1) is 20.2. The van der Waals surface area contributed by atoms with Crippen molar-refractivity contribution in [1.82, 2.24) is 15.1 Å². The molecule has 1 aliphatic carbocycles. The van der Waals surface area contributed by atoms with E-state index in [1.807, 2.05) is 12.2 Å². The molecule has 3 saturated heterocycles. The van der Waals surface area contributed by atoms with Crippen molar-refractivity contribution in [3.8, 4) is 0 Å². The van der Waals surface area contributed by atoms with Gasteiger partial charge in [-0.15, -0.1) is 0 Å². The summed E-state index contributed by atoms with van der Waals surface area (Å²) in [5.74, 6) is -2.23. The lowest BCUT2D eigenvalue weighted by atomic mass is 9.73. The lowest BCUT2D eigenvalue weighted by Crippen LogP contribution is -2.58. The maximum atomic E-state index is 14.3. The van der Waals surface area contributed by atoms with Gasteiger partial charge < -0.3 is 25.2 Å². The molecule has 8 nitrogen and oxygen atoms in total. The molecule has 2 bridgehead atoms. The highest BCUT2D eigenvalue weighted by Gasteiger charge is 2.72. The third-order valence-electron chi connectivity index (χ3n) is 10.5. The molecule has 0 unspecified atom stereocenters. The number of hydrogen-bond donors (Lipinski definition) is 2. The van der Waals surface area contributed by atoms with Crippen LogP contribution in [-0.4, -0.2) is 77.5 Å². The summed E-state index contributed by atoms with van der Waals surface area (Å²) in [4.78, 5) is 46.2. The van der Waals surface area contributed by atoms with Crippen LogP contribution in [0.25, 0.3) is 0 Å². The summed E-state index contributed by atoms with van der Waals surface area (Å²) in [6.07, 6.45) is 10.8. The van der Waals surface area contributed by atoms with Gasteiger partial charge in [-0.1, -0.05) is 63.3 Å². The van der Waals surface area contributed by atoms with E-state index in [2.05, 4.69) is 29.4 Å². The Bertz CT molecular complexity index is 1250. The minimum Gasteiger partial charge on any atom is -0.359 e. The molecule has 0 radical (unpaired) electrons. The Kier molecular flexibility index (Phi) is 8.37. The third-order valence-corrected chi connectivity index (χ3v) is 10.8. The SMILES string of the molecule is C[C@H]1[C@H](C)CCC[C@@H]1NC(=O)[C@@H]1N(CCN2CCCCCC2)C(=O)[C@@H]2[C@H](C(=O)Nc3ccc(F)c(Cl)c3)[C@@H]3C=C[C@]21O3. The fourth-order valence-electron chi connectivity index (χ4n) is 7.96. The Morgan fingerprint density at radius 2 is 1.83 bits per heavy atom. The number of anilines is 1. The van der Waals surface area contributed by atoms with Crippen molar-refractivity contribution in [2.24, 2.45) is 23.7 Å². The summed E-state index contributed by atoms with van der Waals surface area (Å²) >= 11 is 5.94. The fraction of sp³-hybridized carbons (Fsp3) is 0.656. The zero-order chi connectivity index (χ0) is 29.6. The number of nitrogens with one attached hydrogen (secondary N) is 2. The molecule has 5 aliphatic rings. The average Bonchev–Trinajstić information content (AvgIpc) is 3.51. The highest BCUT2D eigenvalue weighted by Crippen LogP contribution is 2.55. The summed E-state index contributed by atoms with van der Waals surface area (Å²) in [5.41, 5.74) is -0.873. The maximum absolute atomic E-state index is 14.3. The van der Waals surface area contributed by atoms with Crippen LogP contribution in [0, 0.1) is 29.5 Å². The van der Waals surface area contributed by atoms with Crippen LogP contribution in [0.4, 0.5) is 10.1 Å². The number of amides is 3. The summed E-state index contributed by atoms with van der Waals surface area (Å²) < 4.78 is 20.2. The van der Waals surface area contributed by atoms with Crippen LogP contribution in [0.15, 0.2) is 30.4 Å². The molecule has 4 heterocycles. The van der Waals surface area contributed by atoms with Gasteiger partial charge in [0, 0.05) is 24.8 Å². The van der Waals surface area contributed by atoms with Crippen LogP contribution < -0.4 is 10.6 Å². The van der Waals surface area contributed by atoms with Gasteiger partial charge in [0.05, 0.1) is 23.0 Å². The first kappa shape index (κ1) is 29.6. The van der Waals surface area contributed by atoms with Crippen molar-refractivity contribution >= 4 is 35.0 Å². The van der Waals surface area contributed by atoms with E-state index in [9.17, 15) is 18.8 Å². The van der Waals surface area contributed by atoms with Gasteiger partial charge in [0.2, 0.25) is 17.7 Å². The molecule has 2 N–H and O–H groups in total. The van der Waals surface area contributed by atoms with E-state index >= 15 is 0 Å². The molecule has 0 aromatic heterocycles. The van der Waals surface area contributed by atoms with Gasteiger partial charge in [0.25, 0.3) is 0 Å². The molecule has 8 atom stereocenters. The molecule has 4 aliphatic heterocycles. The predicted molar refractivity (Wildman–Crippen MR) is 158 cm³/mol. The van der Waals surface area contributed by atoms with Crippen molar-refractivity contribution in [3.63, 3.8) is 0 Å². The number of hydrogen-bond acceptors (Lipinski definition) is 5. The Morgan fingerprint density at radius 1 is 1.07 bits per heavy atom. The van der Waals surface area contributed by atoms with Crippen LogP contribution in [0.3, 0.4) is 0 Å². The van der Waals surface area contributed by atoms with Crippen molar-refractivity contribution in [3.05, 3.63) is 41.2 Å². The number of ether oxygens (including phenoxy) is 1. The highest BCUT2D eigenvalue weighted by molar-refractivity contribution is 6.31. The van der Waals surface area contributed by atoms with E-state index in [4.69, 9.17) is 16.3 Å². The summed E-state index contributed by atoms with van der Waals surface area (Å²) in [6, 6.07) is 3.15. The van der Waals surface area contributed by atoms with E-state index in [0.717, 1.165) is 45.2 Å². The van der Waals surface area contributed by atoms with Crippen molar-refractivity contribution in [1.29, 1.82) is 0 Å². The van der Waals surface area contributed by atoms with E-state index < -0.39 is 41.3 Å². The Morgan fingerprint density at radius 3 is 2.57 bits per heavy atom. The number of carbonyl (C=O) groups excluding carboxylic acids is 3. The van der Waals surface area contributed by atoms with Crippen LogP contribution in [0.5, 0.6) is 0 Å². The first-order valence-electron chi connectivity index (χ1n) is 15.7. The minimum atomic E-state index is -1.21. The Hall–Kier alpha value is -2.49. The molecule has 1 aromatic rings. The van der Waals surface area contributed by atoms with Crippen molar-refractivity contribution in [2.45, 2.75) is 82.6 Å². The first-order valence-corrected chi connectivity index (χ1v) is 16.0. The van der Waals surface area contributed by atoms with Crippen LogP contribution >= 0.6 is 11.6 Å². The highest BCUT2D eigenvalue weighted by atomic mass is 35.5. The largest absolute Gasteiger partial charge is 0.359 e. The molecule has 10 heteroatoms. The Balaban J connectivity index is 1.27. The number of benzene rings is 1. The molecule has 3 amide bonds. The zero-order valence-corrected chi connectivity index (χ0v) is 25.2. The standard InChI is InChI=1S/C32H42ClFN4O4/c1-19-8-7-9-24(20(19)2)36-30(40)28-32-13-12-25(42-32)26(29(39)35-21-10-11-23(34)22(33)18-21)27(32)31(41)38(28)17-16-37-14-5-3-4-6-15-37/h10-13,18-20,24-28H,3-9,14-17H2,1-2H3,(H,35,39)(H,36,40)/t19-,20+,24+,25+,26-,27+,28+,32+/m1/s1. The quantitative estimate of drug-likeness (QED) is 0.453. The van der Waals surface area contributed by atoms with E-state index in [0.29, 0.717) is 30.6 Å². The Labute approximate surface area is 252 Å². The summed E-state index contributed by atoms with van der Waals surface area (Å²) in [5, 5.41) is 6.02. The lowest BCUT2D eigenvalue weighted by Gasteiger charge is -2.38. The number of halogens is 2. The molecule has 6 rings (SSSR count). The number of rotatable bonds is 7. The fourth-order valence-corrected chi connectivity index (χ4v) is 8.14. The molecule has 1 aromatic carbocycles. The van der Waals surface area contributed by atoms with Gasteiger partial charge in [-0.3, -0.25) is 14.4 Å². The molecule has 1 saturated carbocycles. The second kappa shape index (κ2) is 11.9. The van der Waals surface area contributed by atoms with E-state index in [1.165, 1.54) is 31.0 Å². The van der Waals surface area contributed by atoms with Gasteiger partial charge in [0.1, 0.15) is 17.5 Å². The number of nitrogens with zero attached hydrogens (tertiary/aromatic N) is 2. The molecule has 228 valence electrons. The van der Waals surface area contributed by atoms with Gasteiger partial charge in [-0.25, -0.2) is 4.39 Å². The predicted octanol–water partition coefficient (Wildman–Crippen LogP) is 4.39. The van der Waals surface area contributed by atoms with Crippen LogP contribution in [0.1, 0.15) is 58.8 Å².